The molecule has 0 aromatic heterocycles. The van der Waals surface area contributed by atoms with E-state index >= 15 is 0 Å². The van der Waals surface area contributed by atoms with Crippen molar-refractivity contribution < 1.29 is 33.5 Å². The molecule has 0 spiro atoms. The van der Waals surface area contributed by atoms with Crippen LogP contribution in [0.1, 0.15) is 54.3 Å². The maximum Gasteiger partial charge on any atom is 0.330 e. The number of nitrogens with zero attached hydrogens (tertiary/aromatic N) is 3. The van der Waals surface area contributed by atoms with Gasteiger partial charge in [-0.2, -0.15) is 0 Å². The van der Waals surface area contributed by atoms with Crippen molar-refractivity contribution in [2.45, 2.75) is 45.7 Å². The fourth-order valence-electron chi connectivity index (χ4n) is 3.94. The third-order valence-corrected chi connectivity index (χ3v) is 5.95. The molecule has 11 nitrogen and oxygen atoms in total. The Labute approximate surface area is 197 Å². The van der Waals surface area contributed by atoms with Crippen molar-refractivity contribution >= 4 is 35.5 Å². The fraction of sp³-hybridized carbons (Fsp3) is 0.478. The lowest BCUT2D eigenvalue weighted by Crippen LogP contribution is -2.57. The van der Waals surface area contributed by atoms with E-state index in [1.165, 1.54) is 19.1 Å². The maximum atomic E-state index is 13.0. The summed E-state index contributed by atoms with van der Waals surface area (Å²) in [4.78, 5) is 78.7. The Kier molecular flexibility index (Phi) is 7.77. The molecule has 0 saturated carbocycles. The van der Waals surface area contributed by atoms with Crippen LogP contribution >= 0.6 is 0 Å². The number of hydrogen-bond acceptors (Lipinski definition) is 8. The van der Waals surface area contributed by atoms with E-state index in [1.54, 1.807) is 12.1 Å². The molecule has 1 N–H and O–H groups in total. The molecule has 1 aromatic carbocycles. The van der Waals surface area contributed by atoms with Gasteiger partial charge in [0.1, 0.15) is 12.1 Å². The molecule has 3 rings (SSSR count). The second-order valence-electron chi connectivity index (χ2n) is 8.08. The number of rotatable bonds is 9. The second-order valence-corrected chi connectivity index (χ2v) is 8.08. The number of likely N-dealkylation sites (tertiary alicyclic amines) is 1. The van der Waals surface area contributed by atoms with Crippen LogP contribution in [0.4, 0.5) is 0 Å². The average Bonchev–Trinajstić information content (AvgIpc) is 3.07. The minimum absolute atomic E-state index is 0.00853. The summed E-state index contributed by atoms with van der Waals surface area (Å²) in [6.45, 7) is 6.06. The van der Waals surface area contributed by atoms with E-state index in [1.807, 2.05) is 18.7 Å². The molecule has 2 aliphatic rings. The van der Waals surface area contributed by atoms with Crippen LogP contribution in [0, 0.1) is 0 Å². The summed E-state index contributed by atoms with van der Waals surface area (Å²) in [7, 11) is 0. The third-order valence-electron chi connectivity index (χ3n) is 5.95. The van der Waals surface area contributed by atoms with E-state index in [-0.39, 0.29) is 36.4 Å². The predicted molar refractivity (Wildman–Crippen MR) is 118 cm³/mol. The SMILES string of the molecule is CCN(CC)CC(=O)NC(C)C(=O)OCN1C(=O)CC[C@H](N2C(=O)c3ccccc3C2=O)C1=O. The first-order chi connectivity index (χ1) is 16.2. The fourth-order valence-corrected chi connectivity index (χ4v) is 3.94. The van der Waals surface area contributed by atoms with E-state index < -0.39 is 48.4 Å². The van der Waals surface area contributed by atoms with Crippen molar-refractivity contribution in [2.75, 3.05) is 26.4 Å². The van der Waals surface area contributed by atoms with Crippen molar-refractivity contribution in [3.8, 4) is 0 Å². The van der Waals surface area contributed by atoms with Gasteiger partial charge in [-0.3, -0.25) is 33.8 Å². The van der Waals surface area contributed by atoms with Gasteiger partial charge in [-0.15, -0.1) is 0 Å². The lowest BCUT2D eigenvalue weighted by molar-refractivity contribution is -0.165. The predicted octanol–water partition coefficient (Wildman–Crippen LogP) is 0.147. The molecule has 2 heterocycles. The molecule has 5 amide bonds. The van der Waals surface area contributed by atoms with E-state index in [2.05, 4.69) is 5.32 Å². The molecule has 11 heteroatoms. The number of esters is 1. The van der Waals surface area contributed by atoms with Crippen molar-refractivity contribution in [2.24, 2.45) is 0 Å². The number of likely N-dealkylation sites (N-methyl/N-ethyl adjacent to an activating group) is 1. The summed E-state index contributed by atoms with van der Waals surface area (Å²) in [5.74, 6) is -3.76. The van der Waals surface area contributed by atoms with Gasteiger partial charge in [0.05, 0.1) is 17.7 Å². The van der Waals surface area contributed by atoms with Gasteiger partial charge in [0, 0.05) is 6.42 Å². The highest BCUT2D eigenvalue weighted by molar-refractivity contribution is 6.23. The van der Waals surface area contributed by atoms with Crippen LogP contribution in [0.15, 0.2) is 24.3 Å². The number of benzene rings is 1. The average molecular weight is 472 g/mol. The molecular formula is C23H28N4O7. The van der Waals surface area contributed by atoms with Crippen LogP contribution in [-0.2, 0) is 23.9 Å². The topological polar surface area (TPSA) is 133 Å². The molecule has 182 valence electrons. The highest BCUT2D eigenvalue weighted by Gasteiger charge is 2.47. The molecule has 2 atom stereocenters. The summed E-state index contributed by atoms with van der Waals surface area (Å²) >= 11 is 0. The summed E-state index contributed by atoms with van der Waals surface area (Å²) < 4.78 is 5.10. The molecule has 0 radical (unpaired) electrons. The van der Waals surface area contributed by atoms with Crippen LogP contribution in [0.3, 0.4) is 0 Å². The molecule has 1 saturated heterocycles. The number of ether oxygens (including phenoxy) is 1. The van der Waals surface area contributed by atoms with Gasteiger partial charge in [0.15, 0.2) is 6.73 Å². The van der Waals surface area contributed by atoms with Crippen LogP contribution in [0.25, 0.3) is 0 Å². The Balaban J connectivity index is 1.61. The van der Waals surface area contributed by atoms with Gasteiger partial charge in [-0.25, -0.2) is 9.69 Å². The molecule has 1 unspecified atom stereocenters. The zero-order chi connectivity index (χ0) is 25.0. The monoisotopic (exact) mass is 472 g/mol. The minimum Gasteiger partial charge on any atom is -0.442 e. The van der Waals surface area contributed by atoms with E-state index in [0.717, 1.165) is 9.80 Å². The summed E-state index contributed by atoms with van der Waals surface area (Å²) in [6.07, 6.45) is -0.108. The first kappa shape index (κ1) is 25.0. The molecule has 0 bridgehead atoms. The Bertz CT molecular complexity index is 985. The largest absolute Gasteiger partial charge is 0.442 e. The molecule has 0 aliphatic carbocycles. The molecule has 1 fully saturated rings. The van der Waals surface area contributed by atoms with Gasteiger partial charge >= 0.3 is 5.97 Å². The smallest absolute Gasteiger partial charge is 0.330 e. The summed E-state index contributed by atoms with van der Waals surface area (Å²) in [5.41, 5.74) is 0.397. The standard InChI is InChI=1S/C23H28N4O7/c1-4-25(5-2)12-18(28)24-14(3)23(33)34-13-26-19(29)11-10-17(22(26)32)27-20(30)15-8-6-7-9-16(15)21(27)31/h6-9,14,17H,4-5,10-13H2,1-3H3,(H,24,28)/t14?,17-/m0/s1. The van der Waals surface area contributed by atoms with Gasteiger partial charge in [0.25, 0.3) is 17.7 Å². The van der Waals surface area contributed by atoms with E-state index in [9.17, 15) is 28.8 Å². The van der Waals surface area contributed by atoms with Crippen LogP contribution < -0.4 is 5.32 Å². The number of imide groups is 2. The Morgan fingerprint density at radius 1 is 1.09 bits per heavy atom. The lowest BCUT2D eigenvalue weighted by atomic mass is 10.0. The van der Waals surface area contributed by atoms with E-state index in [4.69, 9.17) is 4.74 Å². The highest BCUT2D eigenvalue weighted by atomic mass is 16.5. The highest BCUT2D eigenvalue weighted by Crippen LogP contribution is 2.28. The van der Waals surface area contributed by atoms with Gasteiger partial charge in [-0.1, -0.05) is 26.0 Å². The zero-order valence-electron chi connectivity index (χ0n) is 19.4. The summed E-state index contributed by atoms with van der Waals surface area (Å²) in [5, 5.41) is 2.52. The third kappa shape index (κ3) is 4.98. The van der Waals surface area contributed by atoms with E-state index in [0.29, 0.717) is 13.1 Å². The summed E-state index contributed by atoms with van der Waals surface area (Å²) in [6, 6.07) is 4.08. The number of fused-ring (bicyclic) bond motifs is 1. The molecule has 34 heavy (non-hydrogen) atoms. The quantitative estimate of drug-likeness (QED) is 0.397. The molecular weight excluding hydrogens is 444 g/mol. The van der Waals surface area contributed by atoms with Gasteiger partial charge in [-0.05, 0) is 38.6 Å². The first-order valence-electron chi connectivity index (χ1n) is 11.2. The minimum atomic E-state index is -1.17. The van der Waals surface area contributed by atoms with Gasteiger partial charge < -0.3 is 10.1 Å². The second kappa shape index (κ2) is 10.6. The normalized spacial score (nSPS) is 18.9. The van der Waals surface area contributed by atoms with Crippen molar-refractivity contribution in [3.05, 3.63) is 35.4 Å². The van der Waals surface area contributed by atoms with Crippen molar-refractivity contribution in [1.82, 2.24) is 20.0 Å². The zero-order valence-corrected chi connectivity index (χ0v) is 19.4. The Morgan fingerprint density at radius 2 is 1.68 bits per heavy atom. The van der Waals surface area contributed by atoms with Crippen LogP contribution in [0.5, 0.6) is 0 Å². The number of hydrogen-bond donors (Lipinski definition) is 1. The number of carbonyl (C=O) groups excluding carboxylic acids is 6. The number of nitrogens with one attached hydrogen (secondary N) is 1. The number of piperidine rings is 1. The number of carbonyl (C=O) groups is 6. The number of amides is 5. The van der Waals surface area contributed by atoms with Crippen molar-refractivity contribution in [1.29, 1.82) is 0 Å². The first-order valence-corrected chi connectivity index (χ1v) is 11.2. The Hall–Kier alpha value is -3.60. The molecule has 2 aliphatic heterocycles. The Morgan fingerprint density at radius 3 is 2.24 bits per heavy atom. The lowest BCUT2D eigenvalue weighted by Gasteiger charge is -2.34. The van der Waals surface area contributed by atoms with Crippen molar-refractivity contribution in [3.63, 3.8) is 0 Å². The van der Waals surface area contributed by atoms with Gasteiger partial charge in [0.2, 0.25) is 11.8 Å². The van der Waals surface area contributed by atoms with Crippen LogP contribution in [-0.4, -0.2) is 88.7 Å². The van der Waals surface area contributed by atoms with Crippen LogP contribution in [0.2, 0.25) is 0 Å². The molecule has 1 aromatic rings. The maximum absolute atomic E-state index is 13.0.